The molecule has 2 aliphatic heterocycles. The average Bonchev–Trinajstić information content (AvgIpc) is 2.95. The monoisotopic (exact) mass is 404 g/mol. The fraction of sp³-hybridized carbons (Fsp3) is 0.450. The molecule has 1 saturated heterocycles. The Balaban J connectivity index is 1.55. The van der Waals surface area contributed by atoms with Crippen LogP contribution in [-0.4, -0.2) is 46.7 Å². The fourth-order valence-electron chi connectivity index (χ4n) is 5.05. The first-order chi connectivity index (χ1) is 12.2. The van der Waals surface area contributed by atoms with Crippen LogP contribution in [0.25, 0.3) is 0 Å². The summed E-state index contributed by atoms with van der Waals surface area (Å²) in [5.41, 5.74) is -0.292. The molecule has 2 bridgehead atoms. The van der Waals surface area contributed by atoms with Gasteiger partial charge in [-0.25, -0.2) is 0 Å². The molecule has 6 atom stereocenters. The minimum absolute atomic E-state index is 0.0410. The van der Waals surface area contributed by atoms with E-state index in [9.17, 15) is 4.79 Å². The van der Waals surface area contributed by atoms with E-state index in [0.717, 1.165) is 6.42 Å². The Kier molecular flexibility index (Phi) is 3.60. The molecular weight excluding hydrogens is 383 g/mol. The van der Waals surface area contributed by atoms with Gasteiger partial charge in [-0.1, -0.05) is 0 Å². The summed E-state index contributed by atoms with van der Waals surface area (Å²) in [5, 5.41) is 0. The number of carbonyl (C=O) groups is 1. The number of ketones is 1. The Bertz CT molecular complexity index is 758. The van der Waals surface area contributed by atoms with E-state index in [0.29, 0.717) is 17.2 Å². The predicted molar refractivity (Wildman–Crippen MR) is 93.5 cm³/mol. The summed E-state index contributed by atoms with van der Waals surface area (Å²) in [6.45, 7) is 0.579. The van der Waals surface area contributed by atoms with Gasteiger partial charge in [-0.2, -0.15) is 0 Å². The zero-order valence-electron chi connectivity index (χ0n) is 14.0. The molecule has 4 aliphatic rings. The number of allylic oxidation sites excluding steroid dienone is 1. The number of hydrogen-bond donors (Lipinski definition) is 0. The van der Waals surface area contributed by atoms with E-state index in [1.807, 2.05) is 6.07 Å². The van der Waals surface area contributed by atoms with Gasteiger partial charge in [-0.05, 0) is 0 Å². The van der Waals surface area contributed by atoms with E-state index >= 15 is 0 Å². The number of carbonyl (C=O) groups excluding carboxylic acids is 1. The van der Waals surface area contributed by atoms with Crippen molar-refractivity contribution in [2.24, 2.45) is 17.3 Å². The summed E-state index contributed by atoms with van der Waals surface area (Å²) in [5.74, 6) is 1.01. The Hall–Kier alpha value is -1.55. The Morgan fingerprint density at radius 1 is 1.28 bits per heavy atom. The normalized spacial score (nSPS) is 40.9. The molecule has 5 rings (SSSR count). The minimum atomic E-state index is -0.292. The van der Waals surface area contributed by atoms with Gasteiger partial charge in [-0.15, -0.1) is 0 Å². The third kappa shape index (κ3) is 2.13. The van der Waals surface area contributed by atoms with Gasteiger partial charge < -0.3 is 0 Å². The van der Waals surface area contributed by atoms with E-state index in [-0.39, 0.29) is 50.2 Å². The topological polar surface area (TPSA) is 44.8 Å². The van der Waals surface area contributed by atoms with E-state index in [4.69, 9.17) is 14.2 Å². The summed E-state index contributed by atoms with van der Waals surface area (Å²) < 4.78 is 19.1. The molecule has 1 aromatic rings. The van der Waals surface area contributed by atoms with Crippen molar-refractivity contribution in [3.63, 3.8) is 0 Å². The zero-order chi connectivity index (χ0) is 17.0. The van der Waals surface area contributed by atoms with Crippen LogP contribution in [0.15, 0.2) is 54.5 Å². The SMILES string of the molecule is COC1=CC(=O)[C@H]2C[C@H]([Se]c3ccccc3)[C@H]3OC[C@@]24[C@@H]1OC=C[C@@H]34. The van der Waals surface area contributed by atoms with E-state index in [1.54, 1.807) is 19.4 Å². The van der Waals surface area contributed by atoms with Crippen molar-refractivity contribution in [2.75, 3.05) is 13.7 Å². The van der Waals surface area contributed by atoms with Crippen molar-refractivity contribution in [2.45, 2.75) is 23.4 Å². The number of rotatable bonds is 3. The van der Waals surface area contributed by atoms with Gasteiger partial charge in [0.1, 0.15) is 0 Å². The number of benzene rings is 1. The second kappa shape index (κ2) is 5.73. The summed E-state index contributed by atoms with van der Waals surface area (Å²) in [6, 6.07) is 10.6. The zero-order valence-corrected chi connectivity index (χ0v) is 15.7. The summed E-state index contributed by atoms with van der Waals surface area (Å²) in [7, 11) is 1.62. The van der Waals surface area contributed by atoms with Gasteiger partial charge in [0.25, 0.3) is 0 Å². The third-order valence-corrected chi connectivity index (χ3v) is 8.87. The van der Waals surface area contributed by atoms with Crippen LogP contribution in [0, 0.1) is 17.3 Å². The molecule has 2 heterocycles. The molecule has 0 unspecified atom stereocenters. The van der Waals surface area contributed by atoms with Crippen molar-refractivity contribution in [3.05, 3.63) is 54.5 Å². The van der Waals surface area contributed by atoms with Crippen LogP contribution in [0.1, 0.15) is 6.42 Å². The van der Waals surface area contributed by atoms with Crippen LogP contribution < -0.4 is 4.46 Å². The Labute approximate surface area is 153 Å². The standard InChI is InChI=1S/C20H20O4Se/c1-22-16-10-15(21)14-9-17(25-12-5-3-2-4-6-12)18-13-7-8-23-19(16)20(13,14)11-24-18/h2-8,10,13-14,17-19H,9,11H2,1H3/t13-,14+,17-,18-,19+,20-/m0/s1. The maximum atomic E-state index is 12.9. The molecule has 0 aromatic heterocycles. The molecule has 1 spiro atoms. The van der Waals surface area contributed by atoms with E-state index in [2.05, 4.69) is 30.3 Å². The predicted octanol–water partition coefficient (Wildman–Crippen LogP) is 1.85. The number of methoxy groups -OCH3 is 1. The molecule has 5 heteroatoms. The first kappa shape index (κ1) is 15.7. The van der Waals surface area contributed by atoms with E-state index in [1.165, 1.54) is 4.46 Å². The molecule has 25 heavy (non-hydrogen) atoms. The van der Waals surface area contributed by atoms with Crippen LogP contribution in [-0.2, 0) is 19.0 Å². The van der Waals surface area contributed by atoms with Crippen molar-refractivity contribution >= 4 is 25.2 Å². The average molecular weight is 403 g/mol. The first-order valence-corrected chi connectivity index (χ1v) is 10.5. The van der Waals surface area contributed by atoms with Gasteiger partial charge in [-0.3, -0.25) is 0 Å². The van der Waals surface area contributed by atoms with Crippen LogP contribution >= 0.6 is 0 Å². The molecule has 4 nitrogen and oxygen atoms in total. The fourth-order valence-corrected chi connectivity index (χ4v) is 7.85. The van der Waals surface area contributed by atoms with Crippen molar-refractivity contribution in [1.29, 1.82) is 0 Å². The summed E-state index contributed by atoms with van der Waals surface area (Å²) in [6.07, 6.45) is 6.42. The van der Waals surface area contributed by atoms with Crippen LogP contribution in [0.2, 0.25) is 4.82 Å². The second-order valence-corrected chi connectivity index (χ2v) is 9.92. The van der Waals surface area contributed by atoms with Crippen LogP contribution in [0.5, 0.6) is 0 Å². The van der Waals surface area contributed by atoms with Gasteiger partial charge >= 0.3 is 153 Å². The molecular formula is C20H20O4Se. The molecule has 1 saturated carbocycles. The molecule has 2 fully saturated rings. The quantitative estimate of drug-likeness (QED) is 0.723. The molecule has 2 aliphatic carbocycles. The summed E-state index contributed by atoms with van der Waals surface area (Å²) >= 11 is 0.287. The van der Waals surface area contributed by atoms with Crippen molar-refractivity contribution in [1.82, 2.24) is 0 Å². The molecule has 0 N–H and O–H groups in total. The molecule has 130 valence electrons. The maximum absolute atomic E-state index is 12.9. The second-order valence-electron chi connectivity index (χ2n) is 7.17. The third-order valence-electron chi connectivity index (χ3n) is 6.12. The Morgan fingerprint density at radius 3 is 2.92 bits per heavy atom. The summed E-state index contributed by atoms with van der Waals surface area (Å²) in [4.78, 5) is 13.3. The first-order valence-electron chi connectivity index (χ1n) is 8.69. The Morgan fingerprint density at radius 2 is 2.12 bits per heavy atom. The molecule has 0 amide bonds. The van der Waals surface area contributed by atoms with Gasteiger partial charge in [0.05, 0.1) is 0 Å². The molecule has 0 radical (unpaired) electrons. The van der Waals surface area contributed by atoms with Crippen LogP contribution in [0.3, 0.4) is 0 Å². The van der Waals surface area contributed by atoms with E-state index < -0.39 is 0 Å². The van der Waals surface area contributed by atoms with Crippen molar-refractivity contribution in [3.8, 4) is 0 Å². The van der Waals surface area contributed by atoms with Gasteiger partial charge in [0.15, 0.2) is 0 Å². The van der Waals surface area contributed by atoms with Gasteiger partial charge in [0, 0.05) is 0 Å². The van der Waals surface area contributed by atoms with Crippen LogP contribution in [0.4, 0.5) is 0 Å². The van der Waals surface area contributed by atoms with Gasteiger partial charge in [0.2, 0.25) is 0 Å². The van der Waals surface area contributed by atoms with Crippen molar-refractivity contribution < 1.29 is 19.0 Å². The molecule has 1 aromatic carbocycles. The number of ether oxygens (including phenoxy) is 3. The number of hydrogen-bond acceptors (Lipinski definition) is 4.